The number of halogens is 7. The van der Waals surface area contributed by atoms with E-state index >= 15 is 0 Å². The average Bonchev–Trinajstić information content (AvgIpc) is 1.96. The van der Waals surface area contributed by atoms with Crippen LogP contribution in [-0.2, 0) is 13.6 Å². The molecule has 0 N–H and O–H groups in total. The Hall–Kier alpha value is 2.37. The fraction of sp³-hybridized carbons (Fsp3) is 1.00. The van der Waals surface area contributed by atoms with E-state index in [4.69, 9.17) is 69.6 Å². The molecule has 0 aliphatic heterocycles. The van der Waals surface area contributed by atoms with Gasteiger partial charge >= 0.3 is 6.30 Å². The van der Waals surface area contributed by atoms with E-state index in [0.29, 0.717) is 0 Å². The lowest BCUT2D eigenvalue weighted by molar-refractivity contribution is 0.227. The van der Waals surface area contributed by atoms with Crippen LogP contribution < -0.4 is 0 Å². The van der Waals surface area contributed by atoms with Gasteiger partial charge in [-0.2, -0.15) is 0 Å². The van der Waals surface area contributed by atoms with Gasteiger partial charge in [0.15, 0.2) is 0 Å². The molecule has 0 saturated heterocycles. The molecule has 0 spiro atoms. The van der Waals surface area contributed by atoms with Crippen molar-refractivity contribution < 1.29 is 13.6 Å². The second kappa shape index (κ2) is 6.51. The van der Waals surface area contributed by atoms with Gasteiger partial charge in [0.2, 0.25) is 7.59 Å². The summed E-state index contributed by atoms with van der Waals surface area (Å²) in [6.45, 7) is -0.861. The number of rotatable bonds is 4. The zero-order chi connectivity index (χ0) is 12.3. The monoisotopic (exact) mass is 420 g/mol. The van der Waals surface area contributed by atoms with E-state index in [1.54, 1.807) is 0 Å². The first-order chi connectivity index (χ1) is 6.41. The fourth-order valence-electron chi connectivity index (χ4n) is 0.338. The lowest BCUT2D eigenvalue weighted by Crippen LogP contribution is -2.14. The van der Waals surface area contributed by atoms with Crippen molar-refractivity contribution in [2.45, 2.75) is 7.59 Å². The minimum absolute atomic E-state index is 0.431. The maximum Gasteiger partial charge on any atom is 0.396 e. The zero-order valence-electron chi connectivity index (χ0n) is 6.73. The molecule has 0 aliphatic rings. The molecular formula is C4H4BrCl6O3P. The SMILES string of the molecule is O=P(Br)(OCC(Cl)(Cl)Cl)OCC(Cl)(Cl)Cl. The van der Waals surface area contributed by atoms with Gasteiger partial charge in [-0.15, -0.1) is 0 Å². The summed E-state index contributed by atoms with van der Waals surface area (Å²) in [6, 6.07) is 0. The van der Waals surface area contributed by atoms with Crippen molar-refractivity contribution in [3.05, 3.63) is 0 Å². The van der Waals surface area contributed by atoms with Crippen molar-refractivity contribution in [3.8, 4) is 0 Å². The highest BCUT2D eigenvalue weighted by Crippen LogP contribution is 2.58. The van der Waals surface area contributed by atoms with Crippen LogP contribution >= 0.6 is 91.4 Å². The van der Waals surface area contributed by atoms with Crippen molar-refractivity contribution in [3.63, 3.8) is 0 Å². The molecule has 0 saturated carbocycles. The second-order valence-electron chi connectivity index (χ2n) is 2.21. The Kier molecular flexibility index (Phi) is 7.54. The summed E-state index contributed by atoms with van der Waals surface area (Å²) in [5.41, 5.74) is 0. The fourth-order valence-corrected chi connectivity index (χ4v) is 2.51. The van der Waals surface area contributed by atoms with E-state index in [2.05, 4.69) is 24.5 Å². The predicted molar refractivity (Wildman–Crippen MR) is 69.0 cm³/mol. The molecule has 0 fully saturated rings. The molecule has 11 heteroatoms. The van der Waals surface area contributed by atoms with E-state index in [9.17, 15) is 4.57 Å². The summed E-state index contributed by atoms with van der Waals surface area (Å²) in [6.07, 6.45) is -3.58. The first-order valence-electron chi connectivity index (χ1n) is 3.14. The Bertz CT molecular complexity index is 228. The summed E-state index contributed by atoms with van der Waals surface area (Å²) in [7, 11) is 0. The van der Waals surface area contributed by atoms with Crippen LogP contribution in [0.3, 0.4) is 0 Å². The molecule has 0 aromatic carbocycles. The predicted octanol–water partition coefficient (Wildman–Crippen LogP) is 5.26. The Morgan fingerprint density at radius 2 is 1.20 bits per heavy atom. The quantitative estimate of drug-likeness (QED) is 0.457. The molecule has 0 atom stereocenters. The number of alkyl halides is 6. The lowest BCUT2D eigenvalue weighted by Gasteiger charge is -2.18. The third-order valence-electron chi connectivity index (χ3n) is 0.765. The molecule has 0 heterocycles. The Balaban J connectivity index is 4.04. The van der Waals surface area contributed by atoms with Crippen LogP contribution in [-0.4, -0.2) is 20.8 Å². The largest absolute Gasteiger partial charge is 0.396 e. The first kappa shape index (κ1) is 17.4. The van der Waals surface area contributed by atoms with Gasteiger partial charge in [-0.3, -0.25) is 9.05 Å². The van der Waals surface area contributed by atoms with Gasteiger partial charge in [0.05, 0.1) is 0 Å². The van der Waals surface area contributed by atoms with E-state index in [1.165, 1.54) is 0 Å². The average molecular weight is 424 g/mol. The topological polar surface area (TPSA) is 35.5 Å². The Morgan fingerprint density at radius 1 is 0.933 bits per heavy atom. The summed E-state index contributed by atoms with van der Waals surface area (Å²) in [5, 5.41) is 0. The van der Waals surface area contributed by atoms with Gasteiger partial charge in [0.25, 0.3) is 0 Å². The van der Waals surface area contributed by atoms with Crippen LogP contribution in [0.2, 0.25) is 0 Å². The van der Waals surface area contributed by atoms with Crippen LogP contribution in [0.4, 0.5) is 0 Å². The molecule has 0 aliphatic carbocycles. The Morgan fingerprint density at radius 3 is 1.40 bits per heavy atom. The summed E-state index contributed by atoms with van der Waals surface area (Å²) in [4.78, 5) is 0. The van der Waals surface area contributed by atoms with Gasteiger partial charge in [-0.05, 0) is 0 Å². The molecule has 0 unspecified atom stereocenters. The Labute approximate surface area is 125 Å². The molecule has 0 aromatic rings. The van der Waals surface area contributed by atoms with Crippen molar-refractivity contribution in [1.29, 1.82) is 0 Å². The van der Waals surface area contributed by atoms with E-state index in [0.717, 1.165) is 0 Å². The molecular weight excluding hydrogens is 420 g/mol. The molecule has 0 bridgehead atoms. The van der Waals surface area contributed by atoms with Gasteiger partial charge in [0.1, 0.15) is 13.2 Å². The summed E-state index contributed by atoms with van der Waals surface area (Å²) >= 11 is 34.8. The standard InChI is InChI=1S/C4H4BrCl6O3P/c5-15(12,13-1-3(6,7)8)14-2-4(9,10)11/h1-2H2. The summed E-state index contributed by atoms with van der Waals surface area (Å²) < 4.78 is 17.4. The van der Waals surface area contributed by atoms with Crippen LogP contribution in [0.5, 0.6) is 0 Å². The van der Waals surface area contributed by atoms with Gasteiger partial charge in [-0.1, -0.05) is 69.6 Å². The van der Waals surface area contributed by atoms with Crippen molar-refractivity contribution in [2.24, 2.45) is 0 Å². The zero-order valence-corrected chi connectivity index (χ0v) is 13.7. The van der Waals surface area contributed by atoms with E-state index in [1.807, 2.05) is 0 Å². The highest BCUT2D eigenvalue weighted by atomic mass is 79.9. The van der Waals surface area contributed by atoms with Crippen molar-refractivity contribution >= 4 is 91.4 Å². The molecule has 0 amide bonds. The molecule has 0 rings (SSSR count). The molecule has 3 nitrogen and oxygen atoms in total. The van der Waals surface area contributed by atoms with Crippen molar-refractivity contribution in [2.75, 3.05) is 13.2 Å². The number of hydrogen-bond acceptors (Lipinski definition) is 3. The smallest absolute Gasteiger partial charge is 0.296 e. The van der Waals surface area contributed by atoms with E-state index < -0.39 is 27.1 Å². The van der Waals surface area contributed by atoms with Crippen LogP contribution in [0.1, 0.15) is 0 Å². The first-order valence-corrected chi connectivity index (χ1v) is 8.96. The molecule has 0 aromatic heterocycles. The highest BCUT2D eigenvalue weighted by molar-refractivity contribution is 9.39. The minimum Gasteiger partial charge on any atom is -0.296 e. The third kappa shape index (κ3) is 12.6. The minimum atomic E-state index is -3.58. The van der Waals surface area contributed by atoms with E-state index in [-0.39, 0.29) is 0 Å². The van der Waals surface area contributed by atoms with Crippen LogP contribution in [0, 0.1) is 0 Å². The molecule has 0 radical (unpaired) electrons. The molecule has 15 heavy (non-hydrogen) atoms. The van der Waals surface area contributed by atoms with Gasteiger partial charge in [-0.25, -0.2) is 4.57 Å². The normalized spacial score (nSPS) is 14.3. The van der Waals surface area contributed by atoms with Crippen molar-refractivity contribution in [1.82, 2.24) is 0 Å². The highest BCUT2D eigenvalue weighted by Gasteiger charge is 2.31. The van der Waals surface area contributed by atoms with Gasteiger partial charge in [0, 0.05) is 15.5 Å². The number of hydrogen-bond donors (Lipinski definition) is 0. The van der Waals surface area contributed by atoms with Gasteiger partial charge < -0.3 is 0 Å². The maximum atomic E-state index is 11.4. The van der Waals surface area contributed by atoms with Crippen LogP contribution in [0.25, 0.3) is 0 Å². The maximum absolute atomic E-state index is 11.4. The third-order valence-corrected chi connectivity index (χ3v) is 3.52. The molecule has 92 valence electrons. The second-order valence-corrected chi connectivity index (χ2v) is 11.2. The summed E-state index contributed by atoms with van der Waals surface area (Å²) in [5.74, 6) is 0. The lowest BCUT2D eigenvalue weighted by atomic mass is 10.9. The van der Waals surface area contributed by atoms with Crippen LogP contribution in [0.15, 0.2) is 0 Å².